The van der Waals surface area contributed by atoms with Gasteiger partial charge in [0.15, 0.2) is 0 Å². The Hall–Kier alpha value is -1.82. The van der Waals surface area contributed by atoms with Crippen LogP contribution in [0.4, 0.5) is 0 Å². The first-order chi connectivity index (χ1) is 10.8. The fourth-order valence-electron chi connectivity index (χ4n) is 3.91. The summed E-state index contributed by atoms with van der Waals surface area (Å²) in [5, 5.41) is 0. The van der Waals surface area contributed by atoms with Crippen molar-refractivity contribution in [3.8, 4) is 0 Å². The maximum atomic E-state index is 2.50. The molecule has 0 heterocycles. The van der Waals surface area contributed by atoms with E-state index in [1.165, 1.54) is 36.0 Å². The molecule has 0 aromatic heterocycles. The lowest BCUT2D eigenvalue weighted by atomic mass is 9.68. The molecule has 0 N–H and O–H groups in total. The van der Waals surface area contributed by atoms with Gasteiger partial charge in [-0.1, -0.05) is 80.6 Å². The second-order valence-electron chi connectivity index (χ2n) is 6.45. The van der Waals surface area contributed by atoms with Crippen molar-refractivity contribution in [1.82, 2.24) is 0 Å². The van der Waals surface area contributed by atoms with Crippen LogP contribution in [0.25, 0.3) is 11.6 Å². The van der Waals surface area contributed by atoms with Gasteiger partial charge in [0.05, 0.1) is 0 Å². The molecule has 0 heteroatoms. The van der Waals surface area contributed by atoms with Gasteiger partial charge in [-0.3, -0.25) is 0 Å². The lowest BCUT2D eigenvalue weighted by Crippen LogP contribution is -2.26. The Kier molecular flexibility index (Phi) is 4.47. The first-order valence-corrected chi connectivity index (χ1v) is 8.63. The molecule has 2 aliphatic carbocycles. The van der Waals surface area contributed by atoms with E-state index in [9.17, 15) is 0 Å². The van der Waals surface area contributed by atoms with E-state index in [-0.39, 0.29) is 5.41 Å². The van der Waals surface area contributed by atoms with Crippen molar-refractivity contribution >= 4 is 11.6 Å². The van der Waals surface area contributed by atoms with Gasteiger partial charge in [0.2, 0.25) is 0 Å². The molecule has 2 bridgehead atoms. The molecular formula is C22H26. The maximum Gasteiger partial charge on any atom is -0.00572 e. The van der Waals surface area contributed by atoms with Gasteiger partial charge < -0.3 is 0 Å². The molecule has 0 amide bonds. The quantitative estimate of drug-likeness (QED) is 0.589. The van der Waals surface area contributed by atoms with E-state index in [0.29, 0.717) is 5.92 Å². The van der Waals surface area contributed by atoms with Crippen LogP contribution in [0.5, 0.6) is 0 Å². The Morgan fingerprint density at radius 1 is 1.05 bits per heavy atom. The minimum atomic E-state index is 0.271. The van der Waals surface area contributed by atoms with Crippen molar-refractivity contribution in [2.45, 2.75) is 39.5 Å². The maximum absolute atomic E-state index is 2.50. The Labute approximate surface area is 135 Å². The smallest absolute Gasteiger partial charge is 0.00572 e. The van der Waals surface area contributed by atoms with E-state index in [0.717, 1.165) is 6.42 Å². The SMILES string of the molecule is CCC1(CC)C=Cc2ccccc2C2=CCCC1C=CC=C2. The highest BCUT2D eigenvalue weighted by atomic mass is 14.4. The average Bonchev–Trinajstić information content (AvgIpc) is 2.67. The van der Waals surface area contributed by atoms with Gasteiger partial charge in [-0.15, -0.1) is 0 Å². The second kappa shape index (κ2) is 6.52. The van der Waals surface area contributed by atoms with Crippen LogP contribution in [-0.2, 0) is 0 Å². The third kappa shape index (κ3) is 2.75. The largest absolute Gasteiger partial charge is 0.0805 e. The van der Waals surface area contributed by atoms with Gasteiger partial charge in [-0.05, 0) is 53.7 Å². The second-order valence-corrected chi connectivity index (χ2v) is 6.45. The molecule has 0 aliphatic heterocycles. The summed E-state index contributed by atoms with van der Waals surface area (Å²) in [6.07, 6.45) is 21.2. The van der Waals surface area contributed by atoms with Gasteiger partial charge in [0.25, 0.3) is 0 Å². The molecular weight excluding hydrogens is 264 g/mol. The number of benzene rings is 1. The van der Waals surface area contributed by atoms with Gasteiger partial charge in [0, 0.05) is 0 Å². The van der Waals surface area contributed by atoms with Crippen LogP contribution in [-0.4, -0.2) is 0 Å². The van der Waals surface area contributed by atoms with Gasteiger partial charge in [-0.25, -0.2) is 0 Å². The Balaban J connectivity index is 2.22. The Morgan fingerprint density at radius 3 is 2.68 bits per heavy atom. The van der Waals surface area contributed by atoms with Crippen molar-refractivity contribution in [3.05, 3.63) is 71.8 Å². The molecule has 0 saturated heterocycles. The number of hydrogen-bond acceptors (Lipinski definition) is 0. The zero-order valence-corrected chi connectivity index (χ0v) is 13.8. The summed E-state index contributed by atoms with van der Waals surface area (Å²) in [6, 6.07) is 8.78. The lowest BCUT2D eigenvalue weighted by molar-refractivity contribution is 0.244. The summed E-state index contributed by atoms with van der Waals surface area (Å²) in [6.45, 7) is 4.67. The number of allylic oxidation sites excluding steroid dienone is 7. The molecule has 0 spiro atoms. The van der Waals surface area contributed by atoms with E-state index in [2.05, 4.69) is 80.6 Å². The summed E-state index contributed by atoms with van der Waals surface area (Å²) in [4.78, 5) is 0. The summed E-state index contributed by atoms with van der Waals surface area (Å²) in [7, 11) is 0. The minimum absolute atomic E-state index is 0.271. The van der Waals surface area contributed by atoms with Crippen LogP contribution in [0.3, 0.4) is 0 Å². The normalized spacial score (nSPS) is 22.6. The third-order valence-electron chi connectivity index (χ3n) is 5.49. The highest BCUT2D eigenvalue weighted by Gasteiger charge is 2.31. The van der Waals surface area contributed by atoms with Crippen molar-refractivity contribution in [1.29, 1.82) is 0 Å². The molecule has 1 aromatic rings. The summed E-state index contributed by atoms with van der Waals surface area (Å²) < 4.78 is 0. The highest BCUT2D eigenvalue weighted by Crippen LogP contribution is 2.42. The lowest BCUT2D eigenvalue weighted by Gasteiger charge is -2.36. The van der Waals surface area contributed by atoms with Crippen molar-refractivity contribution < 1.29 is 0 Å². The van der Waals surface area contributed by atoms with Crippen molar-refractivity contribution in [2.75, 3.05) is 0 Å². The van der Waals surface area contributed by atoms with Crippen LogP contribution >= 0.6 is 0 Å². The van der Waals surface area contributed by atoms with Gasteiger partial charge in [0.1, 0.15) is 0 Å². The van der Waals surface area contributed by atoms with Gasteiger partial charge in [-0.2, -0.15) is 0 Å². The van der Waals surface area contributed by atoms with Crippen LogP contribution < -0.4 is 0 Å². The summed E-state index contributed by atoms with van der Waals surface area (Å²) in [5.74, 6) is 0.615. The van der Waals surface area contributed by atoms with E-state index < -0.39 is 0 Å². The van der Waals surface area contributed by atoms with Crippen LogP contribution in [0.15, 0.2) is 60.7 Å². The molecule has 22 heavy (non-hydrogen) atoms. The van der Waals surface area contributed by atoms with E-state index >= 15 is 0 Å². The predicted octanol–water partition coefficient (Wildman–Crippen LogP) is 6.43. The average molecular weight is 290 g/mol. The molecule has 1 atom stereocenters. The zero-order chi connectivity index (χ0) is 15.4. The predicted molar refractivity (Wildman–Crippen MR) is 97.5 cm³/mol. The van der Waals surface area contributed by atoms with Gasteiger partial charge >= 0.3 is 0 Å². The fourth-order valence-corrected chi connectivity index (χ4v) is 3.91. The molecule has 2 aliphatic rings. The minimum Gasteiger partial charge on any atom is -0.0805 e. The Morgan fingerprint density at radius 2 is 1.86 bits per heavy atom. The molecule has 3 rings (SSSR count). The monoisotopic (exact) mass is 290 g/mol. The third-order valence-corrected chi connectivity index (χ3v) is 5.49. The van der Waals surface area contributed by atoms with E-state index in [1.807, 2.05) is 0 Å². The van der Waals surface area contributed by atoms with Crippen LogP contribution in [0, 0.1) is 11.3 Å². The number of fused-ring (bicyclic) bond motifs is 5. The van der Waals surface area contributed by atoms with Crippen LogP contribution in [0.1, 0.15) is 50.7 Å². The molecule has 0 fully saturated rings. The van der Waals surface area contributed by atoms with Crippen molar-refractivity contribution in [2.24, 2.45) is 11.3 Å². The van der Waals surface area contributed by atoms with E-state index in [4.69, 9.17) is 0 Å². The molecule has 0 nitrogen and oxygen atoms in total. The summed E-state index contributed by atoms with van der Waals surface area (Å²) >= 11 is 0. The molecule has 0 saturated carbocycles. The first kappa shape index (κ1) is 15.1. The Bertz CT molecular complexity index is 636. The molecule has 114 valence electrons. The number of hydrogen-bond donors (Lipinski definition) is 0. The fraction of sp³-hybridized carbons (Fsp3) is 0.364. The standard InChI is InChI=1S/C22H26/c1-3-22(4-2)17-16-19-11-6-8-15-21(19)18-10-5-7-13-20(22)14-9-12-18/h5-8,10-13,15-17,20H,3-4,9,14H2,1-2H3. The molecule has 1 unspecified atom stereocenters. The highest BCUT2D eigenvalue weighted by molar-refractivity contribution is 5.80. The van der Waals surface area contributed by atoms with Crippen LogP contribution in [0.2, 0.25) is 0 Å². The first-order valence-electron chi connectivity index (χ1n) is 8.63. The zero-order valence-electron chi connectivity index (χ0n) is 13.8. The van der Waals surface area contributed by atoms with Crippen molar-refractivity contribution in [3.63, 3.8) is 0 Å². The number of rotatable bonds is 2. The van der Waals surface area contributed by atoms with E-state index in [1.54, 1.807) is 0 Å². The topological polar surface area (TPSA) is 0 Å². The molecule has 1 aromatic carbocycles. The molecule has 0 radical (unpaired) electrons. The summed E-state index contributed by atoms with van der Waals surface area (Å²) in [5.41, 5.74) is 4.32.